The summed E-state index contributed by atoms with van der Waals surface area (Å²) in [6, 6.07) is 12.6. The van der Waals surface area contributed by atoms with Crippen molar-refractivity contribution in [3.05, 3.63) is 60.2 Å². The highest BCUT2D eigenvalue weighted by molar-refractivity contribution is 5.92. The minimum Gasteiger partial charge on any atom is -0.481 e. The zero-order valence-electron chi connectivity index (χ0n) is 24.7. The molecule has 7 N–H and O–H groups in total. The summed E-state index contributed by atoms with van der Waals surface area (Å²) in [6.07, 6.45) is -3.27. The van der Waals surface area contributed by atoms with Crippen molar-refractivity contribution in [3.8, 4) is 11.1 Å². The Balaban J connectivity index is 2.06. The maximum Gasteiger partial charge on any atom is 0.326 e. The maximum absolute atomic E-state index is 13.2. The van der Waals surface area contributed by atoms with Crippen molar-refractivity contribution in [3.63, 3.8) is 0 Å². The van der Waals surface area contributed by atoms with E-state index in [2.05, 4.69) is 16.0 Å². The number of carbonyl (C=O) groups excluding carboxylic acids is 3. The molecule has 2 aromatic rings. The van der Waals surface area contributed by atoms with E-state index < -0.39 is 72.3 Å². The van der Waals surface area contributed by atoms with Crippen LogP contribution in [0.2, 0.25) is 0 Å². The number of hydrogen-bond acceptors (Lipinski definition) is 7. The molecule has 2 aromatic carbocycles. The van der Waals surface area contributed by atoms with Gasteiger partial charge >= 0.3 is 11.9 Å². The van der Waals surface area contributed by atoms with Gasteiger partial charge in [-0.2, -0.15) is 0 Å². The lowest BCUT2D eigenvalue weighted by atomic mass is 9.91. The second-order valence-electron chi connectivity index (χ2n) is 11.0. The zero-order valence-corrected chi connectivity index (χ0v) is 24.7. The Morgan fingerprint density at radius 2 is 1.33 bits per heavy atom. The van der Waals surface area contributed by atoms with Crippen LogP contribution in [-0.2, 0) is 24.0 Å². The third-order valence-electron chi connectivity index (χ3n) is 6.89. The molecule has 0 saturated carbocycles. The number of aliphatic hydroxyl groups is 2. The van der Waals surface area contributed by atoms with Crippen LogP contribution < -0.4 is 16.0 Å². The first-order valence-corrected chi connectivity index (χ1v) is 14.1. The Labute approximate surface area is 250 Å². The molecule has 234 valence electrons. The van der Waals surface area contributed by atoms with Gasteiger partial charge in [0, 0.05) is 5.92 Å². The molecule has 0 heterocycles. The van der Waals surface area contributed by atoms with E-state index in [0.717, 1.165) is 5.56 Å². The molecule has 12 heteroatoms. The Morgan fingerprint density at radius 3 is 1.91 bits per heavy atom. The van der Waals surface area contributed by atoms with Gasteiger partial charge in [0.25, 0.3) is 5.91 Å². The van der Waals surface area contributed by atoms with E-state index in [1.807, 2.05) is 44.2 Å². The first kappa shape index (κ1) is 34.9. The number of rotatable bonds is 16. The van der Waals surface area contributed by atoms with Gasteiger partial charge in [-0.25, -0.2) is 4.79 Å². The molecule has 6 unspecified atom stereocenters. The van der Waals surface area contributed by atoms with Crippen LogP contribution >= 0.6 is 0 Å². The third kappa shape index (κ3) is 10.8. The van der Waals surface area contributed by atoms with Crippen molar-refractivity contribution in [1.29, 1.82) is 0 Å². The predicted molar refractivity (Wildman–Crippen MR) is 157 cm³/mol. The normalized spacial score (nSPS) is 15.3. The van der Waals surface area contributed by atoms with Crippen LogP contribution in [0.4, 0.5) is 0 Å². The van der Waals surface area contributed by atoms with Crippen LogP contribution in [0, 0.1) is 11.8 Å². The van der Waals surface area contributed by atoms with Crippen LogP contribution in [0.25, 0.3) is 11.1 Å². The van der Waals surface area contributed by atoms with Crippen molar-refractivity contribution < 1.29 is 44.4 Å². The van der Waals surface area contributed by atoms with Gasteiger partial charge in [-0.15, -0.1) is 0 Å². The molecule has 0 spiro atoms. The van der Waals surface area contributed by atoms with Gasteiger partial charge in [-0.05, 0) is 42.4 Å². The molecular formula is C31H41N3O9. The number of carboxylic acid groups (broad SMARTS) is 2. The molecule has 0 aliphatic carbocycles. The van der Waals surface area contributed by atoms with Gasteiger partial charge in [-0.3, -0.25) is 19.2 Å². The van der Waals surface area contributed by atoms with E-state index in [9.17, 15) is 34.2 Å². The van der Waals surface area contributed by atoms with Crippen molar-refractivity contribution in [2.45, 2.75) is 77.3 Å². The Bertz CT molecular complexity index is 1270. The molecule has 3 amide bonds. The number of hydrogen-bond donors (Lipinski definition) is 7. The van der Waals surface area contributed by atoms with E-state index in [4.69, 9.17) is 10.2 Å². The number of nitrogens with one attached hydrogen (secondary N) is 3. The molecular weight excluding hydrogens is 558 g/mol. The lowest BCUT2D eigenvalue weighted by Crippen LogP contribution is -2.52. The summed E-state index contributed by atoms with van der Waals surface area (Å²) in [5.41, 5.74) is 1.91. The Morgan fingerprint density at radius 1 is 0.721 bits per heavy atom. The van der Waals surface area contributed by atoms with Crippen LogP contribution in [0.3, 0.4) is 0 Å². The quantitative estimate of drug-likeness (QED) is 0.150. The van der Waals surface area contributed by atoms with E-state index in [1.54, 1.807) is 24.3 Å². The summed E-state index contributed by atoms with van der Waals surface area (Å²) in [6.45, 7) is 6.63. The minimum atomic E-state index is -1.67. The average Bonchev–Trinajstić information content (AvgIpc) is 2.95. The molecule has 0 aliphatic heterocycles. The molecule has 43 heavy (non-hydrogen) atoms. The molecule has 6 atom stereocenters. The first-order valence-electron chi connectivity index (χ1n) is 14.1. The van der Waals surface area contributed by atoms with Crippen LogP contribution in [-0.4, -0.2) is 74.3 Å². The molecule has 0 radical (unpaired) electrons. The number of amides is 3. The highest BCUT2D eigenvalue weighted by atomic mass is 16.4. The maximum atomic E-state index is 13.2. The fourth-order valence-electron chi connectivity index (χ4n) is 4.57. The zero-order chi connectivity index (χ0) is 32.3. The van der Waals surface area contributed by atoms with Gasteiger partial charge in [0.1, 0.15) is 12.1 Å². The van der Waals surface area contributed by atoms with Crippen LogP contribution in [0.5, 0.6) is 0 Å². The highest BCUT2D eigenvalue weighted by Crippen LogP contribution is 2.28. The second kappa shape index (κ2) is 16.4. The predicted octanol–water partition coefficient (Wildman–Crippen LogP) is 1.85. The smallest absolute Gasteiger partial charge is 0.326 e. The second-order valence-corrected chi connectivity index (χ2v) is 11.0. The third-order valence-corrected chi connectivity index (χ3v) is 6.89. The van der Waals surface area contributed by atoms with Crippen LogP contribution in [0.1, 0.15) is 58.6 Å². The molecule has 0 aliphatic rings. The van der Waals surface area contributed by atoms with E-state index in [0.29, 0.717) is 17.5 Å². The summed E-state index contributed by atoms with van der Waals surface area (Å²) >= 11 is 0. The Kier molecular flexibility index (Phi) is 13.3. The number of carboxylic acids is 2. The van der Waals surface area contributed by atoms with Crippen molar-refractivity contribution >= 4 is 29.7 Å². The number of aliphatic carboxylic acids is 2. The largest absolute Gasteiger partial charge is 0.481 e. The molecule has 0 bridgehead atoms. The van der Waals surface area contributed by atoms with Crippen molar-refractivity contribution in [2.75, 3.05) is 0 Å². The fourth-order valence-corrected chi connectivity index (χ4v) is 4.57. The monoisotopic (exact) mass is 599 g/mol. The van der Waals surface area contributed by atoms with E-state index in [1.165, 1.54) is 13.8 Å². The average molecular weight is 600 g/mol. The van der Waals surface area contributed by atoms with Gasteiger partial charge in [0.2, 0.25) is 11.8 Å². The number of aliphatic hydroxyl groups excluding tert-OH is 2. The molecule has 0 fully saturated rings. The molecule has 0 saturated heterocycles. The summed E-state index contributed by atoms with van der Waals surface area (Å²) in [5, 5.41) is 47.3. The van der Waals surface area contributed by atoms with Gasteiger partial charge in [-0.1, -0.05) is 75.4 Å². The van der Waals surface area contributed by atoms with Gasteiger partial charge < -0.3 is 36.4 Å². The summed E-state index contributed by atoms with van der Waals surface area (Å²) in [5.74, 6) is -5.92. The molecule has 12 nitrogen and oxygen atoms in total. The lowest BCUT2D eigenvalue weighted by molar-refractivity contribution is -0.147. The van der Waals surface area contributed by atoms with E-state index in [-0.39, 0.29) is 12.3 Å². The minimum absolute atomic E-state index is 0.0505. The molecule has 0 aromatic heterocycles. The summed E-state index contributed by atoms with van der Waals surface area (Å²) in [4.78, 5) is 60.4. The van der Waals surface area contributed by atoms with Crippen LogP contribution in [0.15, 0.2) is 54.6 Å². The number of carbonyl (C=O) groups is 5. The Hall–Kier alpha value is -4.29. The topological polar surface area (TPSA) is 202 Å². The fraction of sp³-hybridized carbons (Fsp3) is 0.452. The first-order chi connectivity index (χ1) is 20.2. The SMILES string of the molecule is CC(C)CC(NC(=O)C(O)c1ccccc1-c1ccccc1)C(O)CC(C)C(=O)NC(C)C(=O)NC(CC(=O)O)C(=O)O. The van der Waals surface area contributed by atoms with Gasteiger partial charge in [0.15, 0.2) is 6.10 Å². The van der Waals surface area contributed by atoms with E-state index >= 15 is 0 Å². The standard InChI is InChI=1S/C31H41N3O9/c1-17(2)14-23(33-30(41)27(38)22-13-9-8-12-21(22)20-10-6-5-7-11-20)25(35)15-18(3)28(39)32-19(4)29(40)34-24(31(42)43)16-26(36)37/h5-13,17-19,23-25,27,35,38H,14-16H2,1-4H3,(H,32,39)(H,33,41)(H,34,40)(H,36,37)(H,42,43). The van der Waals surface area contributed by atoms with Gasteiger partial charge in [0.05, 0.1) is 18.6 Å². The summed E-state index contributed by atoms with van der Waals surface area (Å²) < 4.78 is 0. The molecule has 2 rings (SSSR count). The van der Waals surface area contributed by atoms with Crippen molar-refractivity contribution in [2.24, 2.45) is 11.8 Å². The summed E-state index contributed by atoms with van der Waals surface area (Å²) in [7, 11) is 0. The number of benzene rings is 2. The lowest BCUT2D eigenvalue weighted by Gasteiger charge is -2.29. The van der Waals surface area contributed by atoms with Crippen molar-refractivity contribution in [1.82, 2.24) is 16.0 Å². The highest BCUT2D eigenvalue weighted by Gasteiger charge is 2.31.